The Kier molecular flexibility index (Phi) is 1910. The average Bonchev–Trinajstić information content (AvgIpc) is 0. The van der Waals surface area contributed by atoms with Crippen molar-refractivity contribution in [3.8, 4) is 0 Å². The first-order valence-electron chi connectivity index (χ1n) is 0. The Labute approximate surface area is 42.0 Å². The monoisotopic (exact) mass is 70.0 g/mol. The van der Waals surface area contributed by atoms with Crippen molar-refractivity contribution >= 4 is 23.1 Å². The predicted octanol–water partition coefficient (Wildman–Crippen LogP) is -0.653. The zero-order valence-electron chi connectivity index (χ0n) is 2.10. The molecule has 0 atom stereocenters. The van der Waals surface area contributed by atoms with Crippen LogP contribution in [0.2, 0.25) is 0 Å². The summed E-state index contributed by atoms with van der Waals surface area (Å²) in [5, 5.41) is 0. The second kappa shape index (κ2) is 56.5. The van der Waals surface area contributed by atoms with Crippen LogP contribution in [-0.4, -0.2) is 34.0 Å². The second-order valence-corrected chi connectivity index (χ2v) is 0. The van der Waals surface area contributed by atoms with Crippen LogP contribution in [0.15, 0.2) is 0 Å². The molecule has 0 unspecified atom stereocenters. The molecule has 0 aliphatic heterocycles. The van der Waals surface area contributed by atoms with Gasteiger partial charge in [0.2, 0.25) is 0 Å². The fourth-order valence-electron chi connectivity index (χ4n) is 0. The van der Waals surface area contributed by atoms with Gasteiger partial charge in [-0.25, -0.2) is 0 Å². The van der Waals surface area contributed by atoms with Gasteiger partial charge >= 0.3 is 23.1 Å². The summed E-state index contributed by atoms with van der Waals surface area (Å²) < 4.78 is 0. The van der Waals surface area contributed by atoms with Crippen molar-refractivity contribution in [2.75, 3.05) is 0 Å². The molecule has 0 aliphatic carbocycles. The van der Waals surface area contributed by atoms with Gasteiger partial charge in [0, 0.05) is 7.43 Å². The summed E-state index contributed by atoms with van der Waals surface area (Å²) in [6, 6.07) is 0. The molecule has 0 spiro atoms. The number of hydrogen-bond acceptors (Lipinski definition) is 2. The molecule has 0 saturated carbocycles. The second-order valence-electron chi connectivity index (χ2n) is 0. The molecule has 20 valence electrons. The normalized spacial score (nSPS) is 0. The molecule has 3 heteroatoms. The molecule has 2 nitrogen and oxygen atoms in total. The Morgan fingerprint density at radius 2 is 0.750 bits per heavy atom. The maximum Gasteiger partial charge on any atom is 2.00 e. The van der Waals surface area contributed by atoms with Gasteiger partial charge in [-0.3, -0.25) is 0 Å². The zero-order chi connectivity index (χ0) is 0. The molecule has 0 aromatic heterocycles. The van der Waals surface area contributed by atoms with Gasteiger partial charge in [-0.15, -0.1) is 0 Å². The van der Waals surface area contributed by atoms with Gasteiger partial charge in [0.25, 0.3) is 0 Å². The van der Waals surface area contributed by atoms with Gasteiger partial charge in [-0.1, -0.05) is 0 Å². The smallest absolute Gasteiger partial charge is 0.870 e. The molecule has 0 heterocycles. The third-order valence-corrected chi connectivity index (χ3v) is 0. The minimum Gasteiger partial charge on any atom is -0.870 e. The van der Waals surface area contributed by atoms with Gasteiger partial charge in [-0.05, 0) is 0 Å². The minimum absolute atomic E-state index is 0. The van der Waals surface area contributed by atoms with Crippen LogP contribution in [0.1, 0.15) is 0 Å². The topological polar surface area (TPSA) is 60.0 Å². The standard InChI is InChI=1S/C.Mg.2H2O/h;;2*1H2/q;+2;;/p-2. The molecule has 0 aliphatic rings. The molecule has 0 saturated heterocycles. The molecule has 4 heavy (non-hydrogen) atoms. The molecule has 0 fully saturated rings. The molecule has 2 N–H and O–H groups in total. The Morgan fingerprint density at radius 1 is 0.750 bits per heavy atom. The molecule has 4 radical (unpaired) electrons. The first kappa shape index (κ1) is 135. The number of hydrogen-bond donors (Lipinski definition) is 0. The number of rotatable bonds is 0. The molecule has 0 aromatic carbocycles. The summed E-state index contributed by atoms with van der Waals surface area (Å²) in [7, 11) is 0. The molecular formula is CH2MgO2. The minimum atomic E-state index is 0. The summed E-state index contributed by atoms with van der Waals surface area (Å²) in [5.74, 6) is 0. The van der Waals surface area contributed by atoms with Crippen LogP contribution in [0.25, 0.3) is 0 Å². The van der Waals surface area contributed by atoms with Crippen LogP contribution in [0.4, 0.5) is 0 Å². The van der Waals surface area contributed by atoms with Crippen molar-refractivity contribution in [2.45, 2.75) is 0 Å². The van der Waals surface area contributed by atoms with Crippen molar-refractivity contribution in [1.82, 2.24) is 0 Å². The maximum atomic E-state index is 0. The third-order valence-electron chi connectivity index (χ3n) is 0. The Morgan fingerprint density at radius 3 is 0.750 bits per heavy atom. The van der Waals surface area contributed by atoms with E-state index in [2.05, 4.69) is 0 Å². The van der Waals surface area contributed by atoms with E-state index in [0.717, 1.165) is 0 Å². The fourth-order valence-corrected chi connectivity index (χ4v) is 0. The quantitative estimate of drug-likeness (QED) is 0.355. The van der Waals surface area contributed by atoms with Crippen LogP contribution >= 0.6 is 0 Å². The van der Waals surface area contributed by atoms with E-state index in [1.165, 1.54) is 0 Å². The van der Waals surface area contributed by atoms with Gasteiger partial charge in [0.15, 0.2) is 0 Å². The summed E-state index contributed by atoms with van der Waals surface area (Å²) in [6.07, 6.45) is 0. The summed E-state index contributed by atoms with van der Waals surface area (Å²) >= 11 is 0. The van der Waals surface area contributed by atoms with E-state index in [9.17, 15) is 0 Å². The first-order chi connectivity index (χ1) is 0. The van der Waals surface area contributed by atoms with Crippen molar-refractivity contribution in [3.63, 3.8) is 0 Å². The molecule has 0 aromatic rings. The predicted molar refractivity (Wildman–Crippen MR) is 12.9 cm³/mol. The van der Waals surface area contributed by atoms with Crippen LogP contribution in [0, 0.1) is 7.43 Å². The third kappa shape index (κ3) is 16.2. The largest absolute Gasteiger partial charge is 2.00 e. The molecular weight excluding hydrogens is 68.3 g/mol. The van der Waals surface area contributed by atoms with Gasteiger partial charge in [0.1, 0.15) is 0 Å². The maximum absolute atomic E-state index is 0. The van der Waals surface area contributed by atoms with Gasteiger partial charge < -0.3 is 11.0 Å². The Balaban J connectivity index is 0. The van der Waals surface area contributed by atoms with E-state index < -0.39 is 0 Å². The van der Waals surface area contributed by atoms with Gasteiger partial charge in [0.05, 0.1) is 0 Å². The Hall–Kier alpha value is 0.686. The SMILES string of the molecule is [C].[Mg+2].[OH-].[OH-]. The van der Waals surface area contributed by atoms with Crippen molar-refractivity contribution in [3.05, 3.63) is 7.43 Å². The van der Waals surface area contributed by atoms with Crippen molar-refractivity contribution in [1.29, 1.82) is 0 Å². The fraction of sp³-hybridized carbons (Fsp3) is 0. The van der Waals surface area contributed by atoms with E-state index in [4.69, 9.17) is 0 Å². The van der Waals surface area contributed by atoms with Gasteiger partial charge in [-0.2, -0.15) is 0 Å². The van der Waals surface area contributed by atoms with E-state index >= 15 is 0 Å². The van der Waals surface area contributed by atoms with E-state index in [1.807, 2.05) is 0 Å². The van der Waals surface area contributed by atoms with Crippen LogP contribution in [-0.2, 0) is 0 Å². The Bertz CT molecular complexity index is 6.00. The van der Waals surface area contributed by atoms with E-state index in [1.54, 1.807) is 0 Å². The average molecular weight is 70.3 g/mol. The van der Waals surface area contributed by atoms with Crippen LogP contribution in [0.3, 0.4) is 0 Å². The summed E-state index contributed by atoms with van der Waals surface area (Å²) in [6.45, 7) is 0. The van der Waals surface area contributed by atoms with Crippen molar-refractivity contribution in [2.24, 2.45) is 0 Å². The molecule has 0 amide bonds. The molecule has 0 rings (SSSR count). The van der Waals surface area contributed by atoms with Crippen LogP contribution < -0.4 is 0 Å². The van der Waals surface area contributed by atoms with E-state index in [0.29, 0.717) is 0 Å². The summed E-state index contributed by atoms with van der Waals surface area (Å²) in [4.78, 5) is 0. The van der Waals surface area contributed by atoms with E-state index in [-0.39, 0.29) is 41.4 Å². The van der Waals surface area contributed by atoms with Crippen LogP contribution in [0.5, 0.6) is 0 Å². The summed E-state index contributed by atoms with van der Waals surface area (Å²) in [5.41, 5.74) is 0. The zero-order valence-corrected chi connectivity index (χ0v) is 3.52. The first-order valence-corrected chi connectivity index (χ1v) is 0. The molecule has 0 bridgehead atoms. The van der Waals surface area contributed by atoms with Crippen molar-refractivity contribution < 1.29 is 11.0 Å².